The Morgan fingerprint density at radius 1 is 1.09 bits per heavy atom. The van der Waals surface area contributed by atoms with Gasteiger partial charge in [-0.1, -0.05) is 45.0 Å². The van der Waals surface area contributed by atoms with E-state index in [4.69, 9.17) is 9.47 Å². The van der Waals surface area contributed by atoms with Gasteiger partial charge in [0, 0.05) is 48.8 Å². The summed E-state index contributed by atoms with van der Waals surface area (Å²) in [4.78, 5) is 30.7. The van der Waals surface area contributed by atoms with Crippen LogP contribution in [0.25, 0.3) is 11.3 Å². The van der Waals surface area contributed by atoms with Crippen LogP contribution in [0.15, 0.2) is 77.7 Å². The van der Waals surface area contributed by atoms with E-state index in [0.29, 0.717) is 41.6 Å². The normalized spacial score (nSPS) is 15.1. The fraction of sp³-hybridized carbons (Fsp3) is 0.324. The highest BCUT2D eigenvalue weighted by molar-refractivity contribution is 6.05. The molecule has 1 aliphatic rings. The Hall–Kier alpha value is -4.47. The van der Waals surface area contributed by atoms with Crippen LogP contribution in [0, 0.1) is 6.92 Å². The van der Waals surface area contributed by atoms with Gasteiger partial charge in [0.15, 0.2) is 5.82 Å². The van der Waals surface area contributed by atoms with E-state index in [1.54, 1.807) is 13.2 Å². The zero-order valence-electron chi connectivity index (χ0n) is 25.4. The van der Waals surface area contributed by atoms with E-state index in [1.165, 1.54) is 10.1 Å². The number of morpholine rings is 1. The average Bonchev–Trinajstić information content (AvgIpc) is 3.00. The minimum atomic E-state index is -0.258. The second-order valence-electron chi connectivity index (χ2n) is 11.8. The van der Waals surface area contributed by atoms with Gasteiger partial charge in [-0.2, -0.15) is 0 Å². The third kappa shape index (κ3) is 7.31. The Morgan fingerprint density at radius 3 is 2.51 bits per heavy atom. The van der Waals surface area contributed by atoms with Crippen LogP contribution in [0.5, 0.6) is 5.75 Å². The van der Waals surface area contributed by atoms with Gasteiger partial charge in [0.05, 0.1) is 12.3 Å². The van der Waals surface area contributed by atoms with Crippen molar-refractivity contribution in [3.05, 3.63) is 100.0 Å². The Labute approximate surface area is 252 Å². The molecule has 1 amide bonds. The maximum atomic E-state index is 13.1. The summed E-state index contributed by atoms with van der Waals surface area (Å²) < 4.78 is 13.0. The number of carbonyl (C=O) groups excluding carboxylic acids is 1. The Bertz CT molecular complexity index is 1630. The summed E-state index contributed by atoms with van der Waals surface area (Å²) in [6.07, 6.45) is 1.72. The number of anilines is 3. The summed E-state index contributed by atoms with van der Waals surface area (Å²) in [6, 6.07) is 20.7. The molecule has 9 nitrogen and oxygen atoms in total. The summed E-state index contributed by atoms with van der Waals surface area (Å²) in [5.41, 5.74) is 5.15. The smallest absolute Gasteiger partial charge is 0.293 e. The molecule has 4 aromatic rings. The van der Waals surface area contributed by atoms with Gasteiger partial charge >= 0.3 is 0 Å². The maximum absolute atomic E-state index is 13.1. The van der Waals surface area contributed by atoms with Crippen molar-refractivity contribution < 1.29 is 14.3 Å². The average molecular weight is 582 g/mol. The number of hydrogen-bond donors (Lipinski definition) is 3. The summed E-state index contributed by atoms with van der Waals surface area (Å²) >= 11 is 0. The highest BCUT2D eigenvalue weighted by Gasteiger charge is 2.17. The topological polar surface area (TPSA) is 107 Å². The standard InChI is InChI=1S/C34H39N5O4/c1-22-28(7-6-8-29(22)38-32(40)23-9-11-24(12-10-23)34(2,3)4)30-20-39(5)33(41)31(37-30)36-25-13-15-26(16-14-25)43-21-27-19-35-17-18-42-27/h6-16,20,27,35H,17-19,21H2,1-5H3,(H,36,37)(H,38,40). The highest BCUT2D eigenvalue weighted by atomic mass is 16.5. The lowest BCUT2D eigenvalue weighted by Gasteiger charge is -2.23. The van der Waals surface area contributed by atoms with Crippen molar-refractivity contribution in [2.24, 2.45) is 7.05 Å². The fourth-order valence-electron chi connectivity index (χ4n) is 4.87. The molecule has 0 aliphatic carbocycles. The molecule has 1 aliphatic heterocycles. The quantitative estimate of drug-likeness (QED) is 0.255. The molecule has 0 saturated carbocycles. The first-order valence-corrected chi connectivity index (χ1v) is 14.5. The monoisotopic (exact) mass is 581 g/mol. The Kier molecular flexibility index (Phi) is 8.94. The van der Waals surface area contributed by atoms with Crippen LogP contribution in [0.2, 0.25) is 0 Å². The van der Waals surface area contributed by atoms with Crippen molar-refractivity contribution in [2.75, 3.05) is 36.9 Å². The van der Waals surface area contributed by atoms with Crippen LogP contribution < -0.4 is 26.2 Å². The predicted molar refractivity (Wildman–Crippen MR) is 171 cm³/mol. The molecule has 1 aromatic heterocycles. The lowest BCUT2D eigenvalue weighted by molar-refractivity contribution is 0.000199. The molecule has 43 heavy (non-hydrogen) atoms. The molecule has 5 rings (SSSR count). The molecule has 1 saturated heterocycles. The van der Waals surface area contributed by atoms with Gasteiger partial charge in [-0.05, 0) is 65.9 Å². The fourth-order valence-corrected chi connectivity index (χ4v) is 4.87. The van der Waals surface area contributed by atoms with E-state index in [1.807, 2.05) is 73.7 Å². The summed E-state index contributed by atoms with van der Waals surface area (Å²) in [5, 5.41) is 9.48. The number of aryl methyl sites for hydroxylation is 1. The second-order valence-corrected chi connectivity index (χ2v) is 11.8. The van der Waals surface area contributed by atoms with Gasteiger partial charge in [0.25, 0.3) is 11.5 Å². The molecule has 1 atom stereocenters. The highest BCUT2D eigenvalue weighted by Crippen LogP contribution is 2.29. The van der Waals surface area contributed by atoms with E-state index in [9.17, 15) is 9.59 Å². The van der Waals surface area contributed by atoms with Crippen molar-refractivity contribution in [3.63, 3.8) is 0 Å². The molecule has 224 valence electrons. The second kappa shape index (κ2) is 12.8. The van der Waals surface area contributed by atoms with Gasteiger partial charge < -0.3 is 30.0 Å². The van der Waals surface area contributed by atoms with Crippen molar-refractivity contribution in [1.82, 2.24) is 14.9 Å². The number of nitrogens with zero attached hydrogens (tertiary/aromatic N) is 2. The molecule has 1 unspecified atom stereocenters. The molecular formula is C34H39N5O4. The maximum Gasteiger partial charge on any atom is 0.293 e. The predicted octanol–water partition coefficient (Wildman–Crippen LogP) is 5.42. The Balaban J connectivity index is 1.31. The molecule has 0 bridgehead atoms. The van der Waals surface area contributed by atoms with Crippen molar-refractivity contribution in [3.8, 4) is 17.0 Å². The van der Waals surface area contributed by atoms with E-state index >= 15 is 0 Å². The number of ether oxygens (including phenoxy) is 2. The minimum Gasteiger partial charge on any atom is -0.491 e. The SMILES string of the molecule is Cc1c(NC(=O)c2ccc(C(C)(C)C)cc2)cccc1-c1cn(C)c(=O)c(Nc2ccc(OCC3CNCCO3)cc2)n1. The van der Waals surface area contributed by atoms with Crippen molar-refractivity contribution >= 4 is 23.1 Å². The first-order valence-electron chi connectivity index (χ1n) is 14.5. The largest absolute Gasteiger partial charge is 0.491 e. The summed E-state index contributed by atoms with van der Waals surface area (Å²) in [5.74, 6) is 0.726. The van der Waals surface area contributed by atoms with Gasteiger partial charge in [-0.15, -0.1) is 0 Å². The number of benzene rings is 3. The molecule has 1 fully saturated rings. The number of rotatable bonds is 8. The summed E-state index contributed by atoms with van der Waals surface area (Å²) in [7, 11) is 1.69. The molecule has 0 spiro atoms. The molecule has 9 heteroatoms. The van der Waals surface area contributed by atoms with E-state index in [-0.39, 0.29) is 28.8 Å². The number of hydrogen-bond acceptors (Lipinski definition) is 7. The van der Waals surface area contributed by atoms with E-state index < -0.39 is 0 Å². The van der Waals surface area contributed by atoms with Gasteiger partial charge in [-0.25, -0.2) is 4.98 Å². The van der Waals surface area contributed by atoms with Crippen LogP contribution in [0.4, 0.5) is 17.2 Å². The molecule has 0 radical (unpaired) electrons. The minimum absolute atomic E-state index is 0.0103. The van der Waals surface area contributed by atoms with Gasteiger partial charge in [0.1, 0.15) is 18.5 Å². The lowest BCUT2D eigenvalue weighted by Crippen LogP contribution is -2.41. The van der Waals surface area contributed by atoms with Crippen LogP contribution in [0.3, 0.4) is 0 Å². The van der Waals surface area contributed by atoms with Crippen LogP contribution in [-0.4, -0.2) is 47.9 Å². The molecule has 3 aromatic carbocycles. The van der Waals surface area contributed by atoms with E-state index in [2.05, 4.69) is 41.7 Å². The molecular weight excluding hydrogens is 542 g/mol. The molecule has 2 heterocycles. The first kappa shape index (κ1) is 30.0. The van der Waals surface area contributed by atoms with Gasteiger partial charge in [-0.3, -0.25) is 9.59 Å². The molecule has 3 N–H and O–H groups in total. The van der Waals surface area contributed by atoms with Crippen molar-refractivity contribution in [2.45, 2.75) is 39.2 Å². The summed E-state index contributed by atoms with van der Waals surface area (Å²) in [6.45, 7) is 11.1. The van der Waals surface area contributed by atoms with Gasteiger partial charge in [0.2, 0.25) is 0 Å². The lowest BCUT2D eigenvalue weighted by atomic mass is 9.86. The Morgan fingerprint density at radius 2 is 1.84 bits per heavy atom. The zero-order chi connectivity index (χ0) is 30.6. The van der Waals surface area contributed by atoms with Crippen LogP contribution in [-0.2, 0) is 17.2 Å². The zero-order valence-corrected chi connectivity index (χ0v) is 25.4. The number of amides is 1. The van der Waals surface area contributed by atoms with Crippen LogP contribution >= 0.6 is 0 Å². The first-order chi connectivity index (χ1) is 20.6. The number of nitrogens with one attached hydrogen (secondary N) is 3. The van der Waals surface area contributed by atoms with Crippen LogP contribution in [0.1, 0.15) is 42.3 Å². The number of carbonyl (C=O) groups is 1. The van der Waals surface area contributed by atoms with Crippen molar-refractivity contribution in [1.29, 1.82) is 0 Å². The number of aromatic nitrogens is 2. The third-order valence-electron chi connectivity index (χ3n) is 7.50. The van der Waals surface area contributed by atoms with E-state index in [0.717, 1.165) is 24.2 Å². The third-order valence-corrected chi connectivity index (χ3v) is 7.50.